The lowest BCUT2D eigenvalue weighted by Crippen LogP contribution is -2.29. The predicted octanol–water partition coefficient (Wildman–Crippen LogP) is 1.27. The van der Waals surface area contributed by atoms with Crippen LogP contribution < -0.4 is 11.3 Å². The summed E-state index contributed by atoms with van der Waals surface area (Å²) in [6.45, 7) is 0. The van der Waals surface area contributed by atoms with Gasteiger partial charge in [0.1, 0.15) is 0 Å². The molecule has 1 amide bonds. The van der Waals surface area contributed by atoms with Gasteiger partial charge in [0.25, 0.3) is 5.91 Å². The summed E-state index contributed by atoms with van der Waals surface area (Å²) < 4.78 is 12.0. The van der Waals surface area contributed by atoms with E-state index in [2.05, 4.69) is 0 Å². The summed E-state index contributed by atoms with van der Waals surface area (Å²) in [6, 6.07) is 6.14. The molecular formula is C7H7FN2OS. The van der Waals surface area contributed by atoms with Crippen LogP contribution in [0.3, 0.4) is 0 Å². The summed E-state index contributed by atoms with van der Waals surface area (Å²) in [5.41, 5.74) is 2.31. The first-order valence-electron chi connectivity index (χ1n) is 3.17. The fourth-order valence-electron chi connectivity index (χ4n) is 0.769. The second-order valence-corrected chi connectivity index (χ2v) is 2.70. The van der Waals surface area contributed by atoms with Crippen LogP contribution >= 0.6 is 12.1 Å². The molecule has 3 N–H and O–H groups in total. The second-order valence-electron chi connectivity index (χ2n) is 2.08. The van der Waals surface area contributed by atoms with E-state index in [0.717, 1.165) is 0 Å². The van der Waals surface area contributed by atoms with Crippen molar-refractivity contribution in [3.8, 4) is 0 Å². The summed E-state index contributed by atoms with van der Waals surface area (Å²) in [5.74, 6) is 4.47. The third-order valence-electron chi connectivity index (χ3n) is 1.32. The SMILES string of the molecule is NNC(=O)c1cccc(SF)c1. The number of rotatable bonds is 2. The first-order chi connectivity index (χ1) is 5.77. The van der Waals surface area contributed by atoms with E-state index in [4.69, 9.17) is 5.84 Å². The number of nitrogen functional groups attached to an aromatic ring is 1. The normalized spacial score (nSPS) is 9.50. The van der Waals surface area contributed by atoms with E-state index in [1.54, 1.807) is 18.2 Å². The Labute approximate surface area is 73.4 Å². The van der Waals surface area contributed by atoms with Crippen molar-refractivity contribution >= 4 is 18.1 Å². The van der Waals surface area contributed by atoms with Crippen LogP contribution in [0.2, 0.25) is 0 Å². The fourth-order valence-corrected chi connectivity index (χ4v) is 1.07. The summed E-state index contributed by atoms with van der Waals surface area (Å²) in [5, 5.41) is 0. The zero-order chi connectivity index (χ0) is 8.97. The molecule has 0 aliphatic heterocycles. The topological polar surface area (TPSA) is 55.1 Å². The number of hydrogen-bond donors (Lipinski definition) is 2. The molecular weight excluding hydrogens is 179 g/mol. The largest absolute Gasteiger partial charge is 0.290 e. The molecule has 1 aromatic carbocycles. The highest BCUT2D eigenvalue weighted by molar-refractivity contribution is 7.94. The summed E-state index contributed by atoms with van der Waals surface area (Å²) in [6.07, 6.45) is 0. The van der Waals surface area contributed by atoms with Gasteiger partial charge < -0.3 is 0 Å². The van der Waals surface area contributed by atoms with Gasteiger partial charge in [-0.2, -0.15) is 3.89 Å². The average Bonchev–Trinajstić information content (AvgIpc) is 2.17. The summed E-state index contributed by atoms with van der Waals surface area (Å²) in [7, 11) is 0. The molecule has 1 rings (SSSR count). The molecule has 0 fully saturated rings. The van der Waals surface area contributed by atoms with Crippen LogP contribution in [0.4, 0.5) is 3.89 Å². The lowest BCUT2D eigenvalue weighted by molar-refractivity contribution is 0.0953. The van der Waals surface area contributed by atoms with Crippen LogP contribution in [0.15, 0.2) is 29.2 Å². The highest BCUT2D eigenvalue weighted by Gasteiger charge is 2.03. The third-order valence-corrected chi connectivity index (χ3v) is 1.75. The van der Waals surface area contributed by atoms with Crippen LogP contribution in [0.1, 0.15) is 10.4 Å². The van der Waals surface area contributed by atoms with Crippen LogP contribution in [-0.4, -0.2) is 5.91 Å². The van der Waals surface area contributed by atoms with E-state index in [9.17, 15) is 8.68 Å². The van der Waals surface area contributed by atoms with Crippen molar-refractivity contribution in [3.05, 3.63) is 29.8 Å². The Balaban J connectivity index is 2.93. The van der Waals surface area contributed by atoms with E-state index < -0.39 is 5.91 Å². The van der Waals surface area contributed by atoms with E-state index in [1.807, 2.05) is 5.43 Å². The number of carbonyl (C=O) groups is 1. The molecule has 0 aliphatic carbocycles. The minimum Gasteiger partial charge on any atom is -0.290 e. The Bertz CT molecular complexity index is 292. The molecule has 0 aromatic heterocycles. The smallest absolute Gasteiger partial charge is 0.265 e. The zero-order valence-corrected chi connectivity index (χ0v) is 6.90. The maximum Gasteiger partial charge on any atom is 0.265 e. The quantitative estimate of drug-likeness (QED) is 0.415. The molecule has 0 saturated heterocycles. The van der Waals surface area contributed by atoms with Gasteiger partial charge in [0.2, 0.25) is 0 Å². The number of benzene rings is 1. The molecule has 0 saturated carbocycles. The van der Waals surface area contributed by atoms with Crippen molar-refractivity contribution in [2.24, 2.45) is 5.84 Å². The minimum absolute atomic E-state index is 0.0900. The average molecular weight is 186 g/mol. The van der Waals surface area contributed by atoms with E-state index in [-0.39, 0.29) is 12.1 Å². The van der Waals surface area contributed by atoms with Gasteiger partial charge in [-0.05, 0) is 18.2 Å². The van der Waals surface area contributed by atoms with Gasteiger partial charge in [0.05, 0.1) is 12.1 Å². The molecule has 64 valence electrons. The Hall–Kier alpha value is -1.07. The Kier molecular flexibility index (Phi) is 3.07. The van der Waals surface area contributed by atoms with Crippen LogP contribution in [-0.2, 0) is 0 Å². The van der Waals surface area contributed by atoms with Crippen LogP contribution in [0, 0.1) is 0 Å². The number of halogens is 1. The molecule has 0 aliphatic rings. The molecule has 0 atom stereocenters. The van der Waals surface area contributed by atoms with Gasteiger partial charge in [0, 0.05) is 10.5 Å². The third kappa shape index (κ3) is 1.96. The van der Waals surface area contributed by atoms with Gasteiger partial charge in [0.15, 0.2) is 0 Å². The fraction of sp³-hybridized carbons (Fsp3) is 0. The van der Waals surface area contributed by atoms with Crippen molar-refractivity contribution in [1.29, 1.82) is 0 Å². The number of hydrazine groups is 1. The van der Waals surface area contributed by atoms with Crippen molar-refractivity contribution < 1.29 is 8.68 Å². The van der Waals surface area contributed by atoms with Crippen molar-refractivity contribution in [2.45, 2.75) is 4.90 Å². The lowest BCUT2D eigenvalue weighted by atomic mass is 10.2. The van der Waals surface area contributed by atoms with Crippen LogP contribution in [0.5, 0.6) is 0 Å². The standard InChI is InChI=1S/C7H7FN2OS/c8-12-6-3-1-2-5(4-6)7(11)10-9/h1-4H,9H2,(H,10,11). The number of carbonyl (C=O) groups excluding carboxylic acids is 1. The van der Waals surface area contributed by atoms with Gasteiger partial charge in [-0.25, -0.2) is 5.84 Å². The van der Waals surface area contributed by atoms with Crippen molar-refractivity contribution in [3.63, 3.8) is 0 Å². The minimum atomic E-state index is -0.425. The van der Waals surface area contributed by atoms with Crippen molar-refractivity contribution in [1.82, 2.24) is 5.43 Å². The maximum absolute atomic E-state index is 12.0. The molecule has 5 heteroatoms. The monoisotopic (exact) mass is 186 g/mol. The van der Waals surface area contributed by atoms with Crippen molar-refractivity contribution in [2.75, 3.05) is 0 Å². The molecule has 3 nitrogen and oxygen atoms in total. The second kappa shape index (κ2) is 4.08. The summed E-state index contributed by atoms with van der Waals surface area (Å²) in [4.78, 5) is 11.3. The first-order valence-corrected chi connectivity index (χ1v) is 3.89. The van der Waals surface area contributed by atoms with E-state index in [0.29, 0.717) is 10.5 Å². The zero-order valence-electron chi connectivity index (χ0n) is 6.08. The van der Waals surface area contributed by atoms with Gasteiger partial charge in [-0.3, -0.25) is 10.2 Å². The van der Waals surface area contributed by atoms with E-state index in [1.165, 1.54) is 6.07 Å². The van der Waals surface area contributed by atoms with Crippen LogP contribution in [0.25, 0.3) is 0 Å². The van der Waals surface area contributed by atoms with Gasteiger partial charge in [-0.1, -0.05) is 6.07 Å². The molecule has 0 unspecified atom stereocenters. The highest BCUT2D eigenvalue weighted by atomic mass is 32.2. The molecule has 0 spiro atoms. The maximum atomic E-state index is 12.0. The molecule has 0 heterocycles. The number of nitrogens with one attached hydrogen (secondary N) is 1. The predicted molar refractivity (Wildman–Crippen MR) is 45.1 cm³/mol. The number of amides is 1. The van der Waals surface area contributed by atoms with Gasteiger partial charge in [-0.15, -0.1) is 0 Å². The molecule has 1 aromatic rings. The lowest BCUT2D eigenvalue weighted by Gasteiger charge is -1.99. The molecule has 12 heavy (non-hydrogen) atoms. The summed E-state index contributed by atoms with van der Waals surface area (Å²) >= 11 is 0.0900. The first kappa shape index (κ1) is 9.02. The Morgan fingerprint density at radius 1 is 1.58 bits per heavy atom. The number of hydrogen-bond acceptors (Lipinski definition) is 3. The molecule has 0 bridgehead atoms. The Morgan fingerprint density at radius 3 is 2.92 bits per heavy atom. The van der Waals surface area contributed by atoms with Gasteiger partial charge >= 0.3 is 0 Å². The molecule has 0 radical (unpaired) electrons. The Morgan fingerprint density at radius 2 is 2.33 bits per heavy atom. The van der Waals surface area contributed by atoms with E-state index >= 15 is 0 Å². The number of nitrogens with two attached hydrogens (primary N) is 1. The highest BCUT2D eigenvalue weighted by Crippen LogP contribution is 2.19.